The Labute approximate surface area is 59.7 Å². The molecule has 0 bridgehead atoms. The Morgan fingerprint density at radius 2 is 2.50 bits per heavy atom. The summed E-state index contributed by atoms with van der Waals surface area (Å²) < 4.78 is 0. The van der Waals surface area contributed by atoms with Gasteiger partial charge in [-0.2, -0.15) is 0 Å². The van der Waals surface area contributed by atoms with E-state index >= 15 is 0 Å². The minimum absolute atomic E-state index is 0.956. The maximum absolute atomic E-state index is 3.64. The van der Waals surface area contributed by atoms with Gasteiger partial charge in [-0.3, -0.25) is 5.43 Å². The molecule has 0 unspecified atom stereocenters. The van der Waals surface area contributed by atoms with E-state index in [-0.39, 0.29) is 0 Å². The number of nitrogens with zero attached hydrogens (tertiary/aromatic N) is 3. The molecule has 0 saturated heterocycles. The second-order valence-electron chi connectivity index (χ2n) is 2.09. The van der Waals surface area contributed by atoms with Crippen molar-refractivity contribution in [3.8, 4) is 0 Å². The zero-order valence-electron chi connectivity index (χ0n) is 6.13. The molecule has 1 aliphatic heterocycles. The molecule has 1 rings (SSSR count). The quantitative estimate of drug-likeness (QED) is 0.588. The van der Waals surface area contributed by atoms with Crippen LogP contribution in [0.2, 0.25) is 0 Å². The molecule has 10 heavy (non-hydrogen) atoms. The number of hydrogen-bond donors (Lipinski definition) is 1. The van der Waals surface area contributed by atoms with Crippen LogP contribution in [0.4, 0.5) is 0 Å². The van der Waals surface area contributed by atoms with Crippen LogP contribution in [0.5, 0.6) is 0 Å². The molecule has 4 heteroatoms. The highest BCUT2D eigenvalue weighted by molar-refractivity contribution is 5.78. The predicted molar refractivity (Wildman–Crippen MR) is 39.5 cm³/mol. The fraction of sp³-hybridized carbons (Fsp3) is 0.500. The van der Waals surface area contributed by atoms with Crippen LogP contribution in [0.1, 0.15) is 20.3 Å². The molecule has 1 heterocycles. The lowest BCUT2D eigenvalue weighted by Crippen LogP contribution is -2.10. The van der Waals surface area contributed by atoms with E-state index < -0.39 is 0 Å². The van der Waals surface area contributed by atoms with Crippen LogP contribution in [-0.2, 0) is 0 Å². The molecule has 0 aliphatic carbocycles. The van der Waals surface area contributed by atoms with Gasteiger partial charge >= 0.3 is 0 Å². The molecule has 54 valence electrons. The van der Waals surface area contributed by atoms with Gasteiger partial charge in [0.2, 0.25) is 0 Å². The van der Waals surface area contributed by atoms with E-state index in [4.69, 9.17) is 0 Å². The number of allylic oxidation sites excluding steroid dienone is 2. The van der Waals surface area contributed by atoms with E-state index in [9.17, 15) is 0 Å². The smallest absolute Gasteiger partial charge is 0.0770 e. The van der Waals surface area contributed by atoms with Crippen LogP contribution in [0, 0.1) is 0 Å². The van der Waals surface area contributed by atoms with Crippen molar-refractivity contribution in [2.24, 2.45) is 15.5 Å². The van der Waals surface area contributed by atoms with Gasteiger partial charge in [-0.25, -0.2) is 0 Å². The van der Waals surface area contributed by atoms with Crippen LogP contribution in [0.3, 0.4) is 0 Å². The largest absolute Gasteiger partial charge is 0.257 e. The Hall–Kier alpha value is -1.19. The van der Waals surface area contributed by atoms with Crippen molar-refractivity contribution in [2.75, 3.05) is 0 Å². The maximum Gasteiger partial charge on any atom is 0.0770 e. The highest BCUT2D eigenvalue weighted by Crippen LogP contribution is 2.04. The number of hydrogen-bond acceptors (Lipinski definition) is 4. The second-order valence-corrected chi connectivity index (χ2v) is 2.09. The van der Waals surface area contributed by atoms with E-state index in [2.05, 4.69) is 27.9 Å². The molecule has 0 saturated carbocycles. The molecule has 0 spiro atoms. The van der Waals surface area contributed by atoms with Gasteiger partial charge < -0.3 is 0 Å². The zero-order chi connectivity index (χ0) is 7.40. The fourth-order valence-electron chi connectivity index (χ4n) is 0.611. The van der Waals surface area contributed by atoms with Crippen molar-refractivity contribution in [1.82, 2.24) is 5.43 Å². The van der Waals surface area contributed by atoms with Gasteiger partial charge in [0.15, 0.2) is 0 Å². The first kappa shape index (κ1) is 6.92. The van der Waals surface area contributed by atoms with Crippen LogP contribution in [0.25, 0.3) is 0 Å². The summed E-state index contributed by atoms with van der Waals surface area (Å²) >= 11 is 0. The summed E-state index contributed by atoms with van der Waals surface area (Å²) in [6.45, 7) is 4.12. The standard InChI is InChI=1S/C6H10N4/c1-3-5(2)6-4-7-9-10-8-6/h4H,3H2,1-2H3,(H,8,9). The lowest BCUT2D eigenvalue weighted by atomic mass is 10.2. The summed E-state index contributed by atoms with van der Waals surface area (Å²) in [5.74, 6) is 0. The molecule has 1 N–H and O–H groups in total. The van der Waals surface area contributed by atoms with Crippen molar-refractivity contribution < 1.29 is 0 Å². The van der Waals surface area contributed by atoms with Gasteiger partial charge in [0.05, 0.1) is 11.9 Å². The van der Waals surface area contributed by atoms with Crippen molar-refractivity contribution in [1.29, 1.82) is 0 Å². The third-order valence-corrected chi connectivity index (χ3v) is 1.44. The molecule has 0 radical (unpaired) electrons. The summed E-state index contributed by atoms with van der Waals surface area (Å²) in [7, 11) is 0. The fourth-order valence-corrected chi connectivity index (χ4v) is 0.611. The van der Waals surface area contributed by atoms with Crippen molar-refractivity contribution in [3.05, 3.63) is 11.3 Å². The van der Waals surface area contributed by atoms with Gasteiger partial charge in [0.25, 0.3) is 0 Å². The SMILES string of the molecule is CCC(C)=C1C=NN=NN1. The lowest BCUT2D eigenvalue weighted by Gasteiger charge is -2.04. The normalized spacial score (nSPS) is 20.6. The van der Waals surface area contributed by atoms with Gasteiger partial charge in [0.1, 0.15) is 0 Å². The van der Waals surface area contributed by atoms with E-state index in [1.807, 2.05) is 6.92 Å². The average Bonchev–Trinajstić information content (AvgIpc) is 2.05. The molecular formula is C6H10N4. The third-order valence-electron chi connectivity index (χ3n) is 1.44. The summed E-state index contributed by atoms with van der Waals surface area (Å²) in [5.41, 5.74) is 4.95. The summed E-state index contributed by atoms with van der Waals surface area (Å²) in [4.78, 5) is 0. The van der Waals surface area contributed by atoms with Crippen LogP contribution in [0.15, 0.2) is 26.8 Å². The third kappa shape index (κ3) is 1.40. The molecule has 0 amide bonds. The lowest BCUT2D eigenvalue weighted by molar-refractivity contribution is 0.771. The first-order valence-electron chi connectivity index (χ1n) is 3.23. The van der Waals surface area contributed by atoms with Gasteiger partial charge in [-0.05, 0) is 29.4 Å². The molecule has 1 aliphatic rings. The summed E-state index contributed by atoms with van der Waals surface area (Å²) in [6, 6.07) is 0. The summed E-state index contributed by atoms with van der Waals surface area (Å²) in [5, 5.41) is 10.6. The number of rotatable bonds is 1. The maximum atomic E-state index is 3.64. The Balaban J connectivity index is 2.74. The Morgan fingerprint density at radius 1 is 1.70 bits per heavy atom. The molecule has 0 atom stereocenters. The van der Waals surface area contributed by atoms with Gasteiger partial charge in [0, 0.05) is 0 Å². The highest BCUT2D eigenvalue weighted by Gasteiger charge is 1.98. The minimum Gasteiger partial charge on any atom is -0.257 e. The number of nitrogens with one attached hydrogen (secondary N) is 1. The first-order chi connectivity index (χ1) is 4.84. The monoisotopic (exact) mass is 138 g/mol. The molecule has 0 aromatic carbocycles. The van der Waals surface area contributed by atoms with Crippen LogP contribution < -0.4 is 5.43 Å². The van der Waals surface area contributed by atoms with Crippen LogP contribution in [-0.4, -0.2) is 6.21 Å². The molecule has 0 aromatic rings. The van der Waals surface area contributed by atoms with Gasteiger partial charge in [-0.15, -0.1) is 5.10 Å². The van der Waals surface area contributed by atoms with Crippen LogP contribution >= 0.6 is 0 Å². The first-order valence-corrected chi connectivity index (χ1v) is 3.23. The van der Waals surface area contributed by atoms with E-state index in [1.54, 1.807) is 6.21 Å². The Bertz CT molecular complexity index is 202. The van der Waals surface area contributed by atoms with Crippen molar-refractivity contribution in [2.45, 2.75) is 20.3 Å². The average molecular weight is 138 g/mol. The zero-order valence-corrected chi connectivity index (χ0v) is 6.13. The minimum atomic E-state index is 0.956. The Morgan fingerprint density at radius 3 is 3.00 bits per heavy atom. The van der Waals surface area contributed by atoms with Crippen molar-refractivity contribution in [3.63, 3.8) is 0 Å². The molecule has 0 fully saturated rings. The van der Waals surface area contributed by atoms with E-state index in [0.29, 0.717) is 0 Å². The highest BCUT2D eigenvalue weighted by atomic mass is 15.5. The Kier molecular flexibility index (Phi) is 2.15. The molecule has 0 aromatic heterocycles. The molecule has 4 nitrogen and oxygen atoms in total. The predicted octanol–water partition coefficient (Wildman–Crippen LogP) is 1.63. The van der Waals surface area contributed by atoms with E-state index in [0.717, 1.165) is 12.1 Å². The van der Waals surface area contributed by atoms with E-state index in [1.165, 1.54) is 5.57 Å². The summed E-state index contributed by atoms with van der Waals surface area (Å²) in [6.07, 6.45) is 2.68. The second kappa shape index (κ2) is 3.10. The topological polar surface area (TPSA) is 49.1 Å². The molecular weight excluding hydrogens is 128 g/mol. The van der Waals surface area contributed by atoms with Gasteiger partial charge in [-0.1, -0.05) is 6.92 Å². The van der Waals surface area contributed by atoms with Crippen molar-refractivity contribution >= 4 is 6.21 Å².